The molecule has 0 aromatic carbocycles. The van der Waals surface area contributed by atoms with Crippen molar-refractivity contribution in [2.24, 2.45) is 5.73 Å². The molecule has 76 valence electrons. The van der Waals surface area contributed by atoms with Crippen molar-refractivity contribution < 1.29 is 14.3 Å². The molecule has 0 aliphatic carbocycles. The molecule has 0 amide bonds. The number of aliphatic carboxylic acids is 1. The molecule has 0 fully saturated rings. The summed E-state index contributed by atoms with van der Waals surface area (Å²) in [5.41, 5.74) is 5.92. The van der Waals surface area contributed by atoms with E-state index in [1.807, 2.05) is 0 Å². The SMILES string of the molecule is N[C@H](CCC(=O)O)c1ccncc1F. The quantitative estimate of drug-likeness (QED) is 0.759. The predicted molar refractivity (Wildman–Crippen MR) is 48.0 cm³/mol. The van der Waals surface area contributed by atoms with Crippen LogP contribution in [0.5, 0.6) is 0 Å². The van der Waals surface area contributed by atoms with Crippen LogP contribution in [0.15, 0.2) is 18.5 Å². The van der Waals surface area contributed by atoms with E-state index in [-0.39, 0.29) is 12.8 Å². The largest absolute Gasteiger partial charge is 0.481 e. The Kier molecular flexibility index (Phi) is 3.53. The first kappa shape index (κ1) is 10.6. The van der Waals surface area contributed by atoms with E-state index in [0.717, 1.165) is 6.20 Å². The van der Waals surface area contributed by atoms with Gasteiger partial charge in [0.1, 0.15) is 5.82 Å². The van der Waals surface area contributed by atoms with Crippen molar-refractivity contribution in [2.45, 2.75) is 18.9 Å². The van der Waals surface area contributed by atoms with Crippen LogP contribution in [0.4, 0.5) is 4.39 Å². The average molecular weight is 198 g/mol. The van der Waals surface area contributed by atoms with Gasteiger partial charge in [0.05, 0.1) is 6.20 Å². The van der Waals surface area contributed by atoms with Crippen LogP contribution in [0.2, 0.25) is 0 Å². The molecule has 0 spiro atoms. The number of rotatable bonds is 4. The number of carbonyl (C=O) groups is 1. The Balaban J connectivity index is 2.65. The fourth-order valence-corrected chi connectivity index (χ4v) is 1.12. The highest BCUT2D eigenvalue weighted by molar-refractivity contribution is 5.66. The first-order valence-electron chi connectivity index (χ1n) is 4.18. The maximum atomic E-state index is 13.1. The highest BCUT2D eigenvalue weighted by Crippen LogP contribution is 2.17. The fourth-order valence-electron chi connectivity index (χ4n) is 1.12. The van der Waals surface area contributed by atoms with Gasteiger partial charge in [0, 0.05) is 24.2 Å². The van der Waals surface area contributed by atoms with Crippen molar-refractivity contribution >= 4 is 5.97 Å². The number of carboxylic acid groups (broad SMARTS) is 1. The second-order valence-electron chi connectivity index (χ2n) is 2.94. The Morgan fingerprint density at radius 3 is 3.00 bits per heavy atom. The van der Waals surface area contributed by atoms with E-state index < -0.39 is 17.8 Å². The van der Waals surface area contributed by atoms with Crippen molar-refractivity contribution in [3.63, 3.8) is 0 Å². The van der Waals surface area contributed by atoms with Gasteiger partial charge in [-0.25, -0.2) is 4.39 Å². The Morgan fingerprint density at radius 2 is 2.43 bits per heavy atom. The van der Waals surface area contributed by atoms with Gasteiger partial charge in [0.2, 0.25) is 0 Å². The maximum absolute atomic E-state index is 13.1. The summed E-state index contributed by atoms with van der Waals surface area (Å²) < 4.78 is 13.1. The first-order valence-corrected chi connectivity index (χ1v) is 4.18. The summed E-state index contributed by atoms with van der Waals surface area (Å²) in [6, 6.07) is 0.871. The first-order chi connectivity index (χ1) is 6.61. The zero-order chi connectivity index (χ0) is 10.6. The lowest BCUT2D eigenvalue weighted by Gasteiger charge is -2.10. The number of nitrogens with two attached hydrogens (primary N) is 1. The lowest BCUT2D eigenvalue weighted by atomic mass is 10.0. The Morgan fingerprint density at radius 1 is 1.71 bits per heavy atom. The molecular weight excluding hydrogens is 187 g/mol. The average Bonchev–Trinajstić information content (AvgIpc) is 2.15. The monoisotopic (exact) mass is 198 g/mol. The molecule has 0 radical (unpaired) electrons. The molecule has 14 heavy (non-hydrogen) atoms. The number of pyridine rings is 1. The van der Waals surface area contributed by atoms with E-state index in [2.05, 4.69) is 4.98 Å². The minimum Gasteiger partial charge on any atom is -0.481 e. The van der Waals surface area contributed by atoms with Crippen LogP contribution < -0.4 is 5.73 Å². The summed E-state index contributed by atoms with van der Waals surface area (Å²) in [5, 5.41) is 8.42. The van der Waals surface area contributed by atoms with E-state index >= 15 is 0 Å². The molecule has 3 N–H and O–H groups in total. The van der Waals surface area contributed by atoms with Crippen LogP contribution in [0.1, 0.15) is 24.4 Å². The third-order valence-corrected chi connectivity index (χ3v) is 1.87. The highest BCUT2D eigenvalue weighted by atomic mass is 19.1. The molecule has 5 heteroatoms. The molecule has 1 atom stereocenters. The summed E-state index contributed by atoms with van der Waals surface area (Å²) in [6.07, 6.45) is 2.65. The molecule has 0 bridgehead atoms. The second-order valence-corrected chi connectivity index (χ2v) is 2.94. The molecule has 1 aromatic heterocycles. The third-order valence-electron chi connectivity index (χ3n) is 1.87. The van der Waals surface area contributed by atoms with E-state index in [9.17, 15) is 9.18 Å². The van der Waals surface area contributed by atoms with Gasteiger partial charge in [0.25, 0.3) is 0 Å². The molecule has 0 saturated carbocycles. The molecule has 0 unspecified atom stereocenters. The lowest BCUT2D eigenvalue weighted by molar-refractivity contribution is -0.137. The van der Waals surface area contributed by atoms with Gasteiger partial charge < -0.3 is 10.8 Å². The van der Waals surface area contributed by atoms with Crippen LogP contribution >= 0.6 is 0 Å². The molecular formula is C9H11FN2O2. The minimum absolute atomic E-state index is 0.0665. The number of carboxylic acids is 1. The number of nitrogens with zero attached hydrogens (tertiary/aromatic N) is 1. The molecule has 0 aliphatic rings. The normalized spacial score (nSPS) is 12.4. The number of aromatic nitrogens is 1. The van der Waals surface area contributed by atoms with E-state index in [0.29, 0.717) is 5.56 Å². The Labute approximate surface area is 80.6 Å². The molecule has 1 heterocycles. The standard InChI is InChI=1S/C9H11FN2O2/c10-7-5-12-4-3-6(7)8(11)1-2-9(13)14/h3-5,8H,1-2,11H2,(H,13,14)/t8-/m1/s1. The lowest BCUT2D eigenvalue weighted by Crippen LogP contribution is -2.14. The van der Waals surface area contributed by atoms with Gasteiger partial charge in [-0.1, -0.05) is 0 Å². The van der Waals surface area contributed by atoms with Crippen LogP contribution in [0.3, 0.4) is 0 Å². The molecule has 0 aliphatic heterocycles. The van der Waals surface area contributed by atoms with Crippen LogP contribution in [0.25, 0.3) is 0 Å². The molecule has 4 nitrogen and oxygen atoms in total. The van der Waals surface area contributed by atoms with E-state index in [1.54, 1.807) is 0 Å². The second kappa shape index (κ2) is 4.66. The van der Waals surface area contributed by atoms with E-state index in [1.165, 1.54) is 12.3 Å². The van der Waals surface area contributed by atoms with Gasteiger partial charge in [-0.2, -0.15) is 0 Å². The van der Waals surface area contributed by atoms with Gasteiger partial charge in [-0.15, -0.1) is 0 Å². The van der Waals surface area contributed by atoms with Crippen molar-refractivity contribution in [1.29, 1.82) is 0 Å². The van der Waals surface area contributed by atoms with Crippen LogP contribution in [-0.4, -0.2) is 16.1 Å². The van der Waals surface area contributed by atoms with Crippen molar-refractivity contribution in [2.75, 3.05) is 0 Å². The minimum atomic E-state index is -0.935. The summed E-state index contributed by atoms with van der Waals surface area (Å²) in [4.78, 5) is 13.8. The van der Waals surface area contributed by atoms with E-state index in [4.69, 9.17) is 10.8 Å². The van der Waals surface area contributed by atoms with Gasteiger partial charge in [-0.3, -0.25) is 9.78 Å². The zero-order valence-corrected chi connectivity index (χ0v) is 7.48. The van der Waals surface area contributed by atoms with Gasteiger partial charge >= 0.3 is 5.97 Å². The summed E-state index contributed by atoms with van der Waals surface area (Å²) in [5.74, 6) is -1.43. The van der Waals surface area contributed by atoms with Gasteiger partial charge in [-0.05, 0) is 12.5 Å². The summed E-state index contributed by atoms with van der Waals surface area (Å²) in [7, 11) is 0. The zero-order valence-electron chi connectivity index (χ0n) is 7.48. The highest BCUT2D eigenvalue weighted by Gasteiger charge is 2.12. The van der Waals surface area contributed by atoms with Gasteiger partial charge in [0.15, 0.2) is 0 Å². The van der Waals surface area contributed by atoms with Crippen molar-refractivity contribution in [3.8, 4) is 0 Å². The Bertz CT molecular complexity index is 330. The Hall–Kier alpha value is -1.49. The molecule has 1 aromatic rings. The maximum Gasteiger partial charge on any atom is 0.303 e. The summed E-state index contributed by atoms with van der Waals surface area (Å²) in [6.45, 7) is 0. The predicted octanol–water partition coefficient (Wildman–Crippen LogP) is 1.09. The molecule has 0 saturated heterocycles. The number of hydrogen-bond acceptors (Lipinski definition) is 3. The smallest absolute Gasteiger partial charge is 0.303 e. The van der Waals surface area contributed by atoms with Crippen molar-refractivity contribution in [1.82, 2.24) is 4.98 Å². The van der Waals surface area contributed by atoms with Crippen molar-refractivity contribution in [3.05, 3.63) is 29.8 Å². The van der Waals surface area contributed by atoms with Crippen LogP contribution in [-0.2, 0) is 4.79 Å². The molecule has 1 rings (SSSR count). The number of halogens is 1. The number of hydrogen-bond donors (Lipinski definition) is 2. The van der Waals surface area contributed by atoms with Crippen LogP contribution in [0, 0.1) is 5.82 Å². The fraction of sp³-hybridized carbons (Fsp3) is 0.333. The third kappa shape index (κ3) is 2.77. The summed E-state index contributed by atoms with van der Waals surface area (Å²) >= 11 is 0. The topological polar surface area (TPSA) is 76.2 Å².